The third-order valence-electron chi connectivity index (χ3n) is 3.52. The molecule has 0 aliphatic heterocycles. The third-order valence-corrected chi connectivity index (χ3v) is 3.52. The number of amides is 1. The fourth-order valence-corrected chi connectivity index (χ4v) is 2.24. The van der Waals surface area contributed by atoms with E-state index in [2.05, 4.69) is 11.2 Å². The lowest BCUT2D eigenvalue weighted by Gasteiger charge is -2.17. The van der Waals surface area contributed by atoms with Crippen LogP contribution in [0.2, 0.25) is 0 Å². The van der Waals surface area contributed by atoms with Crippen LogP contribution in [0, 0.1) is 12.3 Å². The quantitative estimate of drug-likeness (QED) is 0.621. The SMILES string of the molecule is C#CCOC(=O)[C@H](Cc1ccc(OC)cc1)NC(=O)c1ccccc1. The molecule has 1 atom stereocenters. The van der Waals surface area contributed by atoms with Gasteiger partial charge in [0.2, 0.25) is 0 Å². The van der Waals surface area contributed by atoms with E-state index in [-0.39, 0.29) is 18.9 Å². The van der Waals surface area contributed by atoms with Crippen LogP contribution < -0.4 is 10.1 Å². The fraction of sp³-hybridized carbons (Fsp3) is 0.200. The highest BCUT2D eigenvalue weighted by Gasteiger charge is 2.23. The first-order valence-electron chi connectivity index (χ1n) is 7.73. The molecule has 0 saturated carbocycles. The molecule has 0 aromatic heterocycles. The largest absolute Gasteiger partial charge is 0.497 e. The fourth-order valence-electron chi connectivity index (χ4n) is 2.24. The zero-order valence-electron chi connectivity index (χ0n) is 13.9. The van der Waals surface area contributed by atoms with Crippen molar-refractivity contribution in [2.24, 2.45) is 0 Å². The van der Waals surface area contributed by atoms with Crippen LogP contribution >= 0.6 is 0 Å². The van der Waals surface area contributed by atoms with Crippen LogP contribution in [0.15, 0.2) is 54.6 Å². The van der Waals surface area contributed by atoms with E-state index in [4.69, 9.17) is 15.9 Å². The minimum Gasteiger partial charge on any atom is -0.497 e. The summed E-state index contributed by atoms with van der Waals surface area (Å²) in [5.74, 6) is 2.04. The van der Waals surface area contributed by atoms with E-state index < -0.39 is 12.0 Å². The van der Waals surface area contributed by atoms with Crippen molar-refractivity contribution < 1.29 is 19.1 Å². The van der Waals surface area contributed by atoms with Gasteiger partial charge in [0, 0.05) is 12.0 Å². The van der Waals surface area contributed by atoms with Crippen LogP contribution in [0.5, 0.6) is 5.75 Å². The van der Waals surface area contributed by atoms with Gasteiger partial charge in [0.1, 0.15) is 11.8 Å². The monoisotopic (exact) mass is 337 g/mol. The van der Waals surface area contributed by atoms with Crippen molar-refractivity contribution in [2.75, 3.05) is 13.7 Å². The number of methoxy groups -OCH3 is 1. The number of hydrogen-bond acceptors (Lipinski definition) is 4. The van der Waals surface area contributed by atoms with Gasteiger partial charge in [-0.15, -0.1) is 6.42 Å². The second-order valence-electron chi connectivity index (χ2n) is 5.26. The Morgan fingerprint density at radius 1 is 1.12 bits per heavy atom. The van der Waals surface area contributed by atoms with Gasteiger partial charge >= 0.3 is 5.97 Å². The molecule has 2 aromatic rings. The predicted octanol–water partition coefficient (Wildman–Crippen LogP) is 2.21. The van der Waals surface area contributed by atoms with Crippen molar-refractivity contribution in [2.45, 2.75) is 12.5 Å². The first-order valence-corrected chi connectivity index (χ1v) is 7.73. The van der Waals surface area contributed by atoms with E-state index in [1.165, 1.54) is 0 Å². The van der Waals surface area contributed by atoms with Crippen molar-refractivity contribution >= 4 is 11.9 Å². The first-order chi connectivity index (χ1) is 12.1. The zero-order valence-corrected chi connectivity index (χ0v) is 13.9. The van der Waals surface area contributed by atoms with Gasteiger partial charge in [0.25, 0.3) is 5.91 Å². The molecule has 2 aromatic carbocycles. The second-order valence-corrected chi connectivity index (χ2v) is 5.26. The topological polar surface area (TPSA) is 64.6 Å². The molecule has 1 amide bonds. The minimum absolute atomic E-state index is 0.140. The normalized spacial score (nSPS) is 11.0. The van der Waals surface area contributed by atoms with Crippen LogP contribution in [0.25, 0.3) is 0 Å². The number of rotatable bonds is 7. The molecule has 5 nitrogen and oxygen atoms in total. The van der Waals surface area contributed by atoms with Crippen LogP contribution in [-0.4, -0.2) is 31.6 Å². The number of esters is 1. The summed E-state index contributed by atoms with van der Waals surface area (Å²) in [6, 6.07) is 15.1. The van der Waals surface area contributed by atoms with Crippen LogP contribution in [0.3, 0.4) is 0 Å². The molecule has 0 fully saturated rings. The predicted molar refractivity (Wildman–Crippen MR) is 94.2 cm³/mol. The van der Waals surface area contributed by atoms with Crippen LogP contribution in [0.4, 0.5) is 0 Å². The molecule has 0 heterocycles. The average Bonchev–Trinajstić information content (AvgIpc) is 2.66. The maximum atomic E-state index is 12.3. The van der Waals surface area contributed by atoms with E-state index in [9.17, 15) is 9.59 Å². The number of ether oxygens (including phenoxy) is 2. The van der Waals surface area contributed by atoms with Crippen molar-refractivity contribution in [1.82, 2.24) is 5.32 Å². The number of carbonyl (C=O) groups is 2. The Labute approximate surface area is 147 Å². The van der Waals surface area contributed by atoms with Crippen LogP contribution in [0.1, 0.15) is 15.9 Å². The summed E-state index contributed by atoms with van der Waals surface area (Å²) in [6.07, 6.45) is 5.41. The Balaban J connectivity index is 2.13. The van der Waals surface area contributed by atoms with Gasteiger partial charge in [0.15, 0.2) is 6.61 Å². The van der Waals surface area contributed by atoms with Crippen molar-refractivity contribution in [3.8, 4) is 18.1 Å². The van der Waals surface area contributed by atoms with Gasteiger partial charge in [-0.2, -0.15) is 0 Å². The van der Waals surface area contributed by atoms with Gasteiger partial charge in [-0.05, 0) is 29.8 Å². The molecule has 2 rings (SSSR count). The van der Waals surface area contributed by atoms with Gasteiger partial charge in [-0.3, -0.25) is 4.79 Å². The van der Waals surface area contributed by atoms with Gasteiger partial charge < -0.3 is 14.8 Å². The molecule has 0 radical (unpaired) electrons. The summed E-state index contributed by atoms with van der Waals surface area (Å²) in [7, 11) is 1.58. The Bertz CT molecular complexity index is 748. The second kappa shape index (κ2) is 9.14. The Hall–Kier alpha value is -3.26. The molecule has 0 bridgehead atoms. The maximum absolute atomic E-state index is 12.3. The summed E-state index contributed by atoms with van der Waals surface area (Å²) in [6.45, 7) is -0.140. The zero-order chi connectivity index (χ0) is 18.1. The van der Waals surface area contributed by atoms with Crippen molar-refractivity contribution in [3.05, 3.63) is 65.7 Å². The number of benzene rings is 2. The number of terminal acetylenes is 1. The molecule has 0 aliphatic carbocycles. The number of nitrogens with one attached hydrogen (secondary N) is 1. The summed E-state index contributed by atoms with van der Waals surface area (Å²) in [4.78, 5) is 24.6. The third kappa shape index (κ3) is 5.40. The molecule has 25 heavy (non-hydrogen) atoms. The molecular weight excluding hydrogens is 318 g/mol. The number of carbonyl (C=O) groups excluding carboxylic acids is 2. The highest BCUT2D eigenvalue weighted by atomic mass is 16.5. The number of hydrogen-bond donors (Lipinski definition) is 1. The van der Waals surface area contributed by atoms with Crippen molar-refractivity contribution in [3.63, 3.8) is 0 Å². The minimum atomic E-state index is -0.838. The van der Waals surface area contributed by atoms with E-state index in [1.807, 2.05) is 18.2 Å². The molecule has 0 aliphatic rings. The van der Waals surface area contributed by atoms with Crippen LogP contribution in [-0.2, 0) is 16.0 Å². The molecular formula is C20H19NO4. The van der Waals surface area contributed by atoms with Gasteiger partial charge in [-0.1, -0.05) is 36.3 Å². The van der Waals surface area contributed by atoms with E-state index >= 15 is 0 Å². The Morgan fingerprint density at radius 2 is 1.80 bits per heavy atom. The smallest absolute Gasteiger partial charge is 0.329 e. The Morgan fingerprint density at radius 3 is 2.40 bits per heavy atom. The lowest BCUT2D eigenvalue weighted by Crippen LogP contribution is -2.43. The van der Waals surface area contributed by atoms with Crippen molar-refractivity contribution in [1.29, 1.82) is 0 Å². The Kier molecular flexibility index (Phi) is 6.61. The van der Waals surface area contributed by atoms with Gasteiger partial charge in [-0.25, -0.2) is 4.79 Å². The summed E-state index contributed by atoms with van der Waals surface area (Å²) >= 11 is 0. The molecule has 0 unspecified atom stereocenters. The molecule has 5 heteroatoms. The maximum Gasteiger partial charge on any atom is 0.329 e. The average molecular weight is 337 g/mol. The highest BCUT2D eigenvalue weighted by molar-refractivity contribution is 5.96. The molecule has 128 valence electrons. The summed E-state index contributed by atoms with van der Waals surface area (Å²) < 4.78 is 10.1. The lowest BCUT2D eigenvalue weighted by atomic mass is 10.1. The van der Waals surface area contributed by atoms with Gasteiger partial charge in [0.05, 0.1) is 7.11 Å². The first kappa shape index (κ1) is 18.1. The van der Waals surface area contributed by atoms with E-state index in [0.717, 1.165) is 5.56 Å². The van der Waals surface area contributed by atoms with E-state index in [1.54, 1.807) is 43.5 Å². The summed E-state index contributed by atoms with van der Waals surface area (Å²) in [5, 5.41) is 2.71. The molecule has 0 saturated heterocycles. The standard InChI is InChI=1S/C20H19NO4/c1-3-13-25-20(23)18(14-15-9-11-17(24-2)12-10-15)21-19(22)16-7-5-4-6-8-16/h1,4-12,18H,13-14H2,2H3,(H,21,22)/t18-/m0/s1. The molecule has 0 spiro atoms. The highest BCUT2D eigenvalue weighted by Crippen LogP contribution is 2.13. The van der Waals surface area contributed by atoms with E-state index in [0.29, 0.717) is 11.3 Å². The lowest BCUT2D eigenvalue weighted by molar-refractivity contribution is -0.144. The molecule has 1 N–H and O–H groups in total. The summed E-state index contributed by atoms with van der Waals surface area (Å²) in [5.41, 5.74) is 1.32.